The van der Waals surface area contributed by atoms with Crippen molar-refractivity contribution in [3.05, 3.63) is 0 Å². The van der Waals surface area contributed by atoms with E-state index in [0.29, 0.717) is 26.3 Å². The highest BCUT2D eigenvalue weighted by atomic mass is 16.6. The average Bonchev–Trinajstić information content (AvgIpc) is 2.19. The van der Waals surface area contributed by atoms with E-state index in [2.05, 4.69) is 6.92 Å². The molecule has 4 nitrogen and oxygen atoms in total. The molecule has 0 aromatic rings. The summed E-state index contributed by atoms with van der Waals surface area (Å²) in [5, 5.41) is 0. The fraction of sp³-hybridized carbons (Fsp3) is 1.00. The Balaban J connectivity index is 2.49. The minimum atomic E-state index is -0.184. The molecule has 1 aliphatic heterocycles. The van der Waals surface area contributed by atoms with Gasteiger partial charge in [-0.1, -0.05) is 0 Å². The first-order valence-corrected chi connectivity index (χ1v) is 5.38. The third-order valence-corrected chi connectivity index (χ3v) is 2.82. The van der Waals surface area contributed by atoms with Crippen molar-refractivity contribution in [3.63, 3.8) is 0 Å². The van der Waals surface area contributed by atoms with Crippen LogP contribution in [0.4, 0.5) is 0 Å². The van der Waals surface area contributed by atoms with E-state index in [1.165, 1.54) is 0 Å². The number of ether oxygens (including phenoxy) is 2. The van der Waals surface area contributed by atoms with Gasteiger partial charge in [-0.3, -0.25) is 0 Å². The summed E-state index contributed by atoms with van der Waals surface area (Å²) in [5.74, 6) is 0. The molecule has 0 aromatic heterocycles. The van der Waals surface area contributed by atoms with Crippen molar-refractivity contribution in [2.75, 3.05) is 26.3 Å². The molecule has 0 aromatic carbocycles. The summed E-state index contributed by atoms with van der Waals surface area (Å²) in [6.07, 6.45) is 2.92. The summed E-state index contributed by atoms with van der Waals surface area (Å²) in [5.41, 5.74) is 10.9. The first kappa shape index (κ1) is 11.9. The molecule has 0 aliphatic carbocycles. The largest absolute Gasteiger partial charge is 0.373 e. The second kappa shape index (κ2) is 5.66. The van der Waals surface area contributed by atoms with E-state index < -0.39 is 0 Å². The molecule has 1 heterocycles. The van der Waals surface area contributed by atoms with E-state index >= 15 is 0 Å². The molecular weight excluding hydrogens is 180 g/mol. The van der Waals surface area contributed by atoms with Crippen LogP contribution in [0.25, 0.3) is 0 Å². The fourth-order valence-electron chi connectivity index (χ4n) is 1.96. The predicted octanol–water partition coefficient (Wildman–Crippen LogP) is 0.248. The van der Waals surface area contributed by atoms with Crippen LogP contribution in [0.3, 0.4) is 0 Å². The zero-order valence-corrected chi connectivity index (χ0v) is 9.00. The molecule has 84 valence electrons. The van der Waals surface area contributed by atoms with Crippen molar-refractivity contribution < 1.29 is 9.47 Å². The lowest BCUT2D eigenvalue weighted by molar-refractivity contribution is -0.199. The van der Waals surface area contributed by atoms with Gasteiger partial charge in [-0.15, -0.1) is 0 Å². The Labute approximate surface area is 85.9 Å². The van der Waals surface area contributed by atoms with Gasteiger partial charge in [0.2, 0.25) is 0 Å². The van der Waals surface area contributed by atoms with E-state index in [0.717, 1.165) is 19.3 Å². The van der Waals surface area contributed by atoms with Gasteiger partial charge >= 0.3 is 0 Å². The minimum Gasteiger partial charge on any atom is -0.373 e. The van der Waals surface area contributed by atoms with Crippen LogP contribution >= 0.6 is 0 Å². The van der Waals surface area contributed by atoms with E-state index in [9.17, 15) is 0 Å². The molecule has 0 saturated carbocycles. The highest BCUT2D eigenvalue weighted by Gasteiger charge is 2.37. The second-order valence-corrected chi connectivity index (χ2v) is 3.99. The van der Waals surface area contributed by atoms with Gasteiger partial charge in [-0.05, 0) is 39.3 Å². The molecule has 1 aliphatic rings. The standard InChI is InChI=1S/C10H22N2O2/c1-10(4-2-5-11)9(3-6-12)13-7-8-14-10/h9H,2-8,11-12H2,1H3. The predicted molar refractivity (Wildman–Crippen MR) is 56.1 cm³/mol. The van der Waals surface area contributed by atoms with Crippen LogP contribution in [0.1, 0.15) is 26.2 Å². The first-order chi connectivity index (χ1) is 6.73. The van der Waals surface area contributed by atoms with Gasteiger partial charge < -0.3 is 20.9 Å². The third kappa shape index (κ3) is 2.92. The smallest absolute Gasteiger partial charge is 0.0917 e. The maximum absolute atomic E-state index is 5.80. The minimum absolute atomic E-state index is 0.132. The van der Waals surface area contributed by atoms with Crippen molar-refractivity contribution in [3.8, 4) is 0 Å². The zero-order chi connectivity index (χ0) is 10.4. The van der Waals surface area contributed by atoms with Gasteiger partial charge in [0, 0.05) is 0 Å². The fourth-order valence-corrected chi connectivity index (χ4v) is 1.96. The highest BCUT2D eigenvalue weighted by Crippen LogP contribution is 2.29. The Hall–Kier alpha value is -0.160. The Morgan fingerprint density at radius 3 is 2.71 bits per heavy atom. The normalized spacial score (nSPS) is 33.2. The summed E-state index contributed by atoms with van der Waals surface area (Å²) >= 11 is 0. The molecule has 1 rings (SSSR count). The Morgan fingerprint density at radius 2 is 2.07 bits per heavy atom. The molecular formula is C10H22N2O2. The third-order valence-electron chi connectivity index (χ3n) is 2.82. The average molecular weight is 202 g/mol. The molecule has 2 atom stereocenters. The summed E-state index contributed by atoms with van der Waals surface area (Å²) in [6.45, 7) is 4.81. The lowest BCUT2D eigenvalue weighted by Gasteiger charge is -2.41. The Bertz CT molecular complexity index is 164. The second-order valence-electron chi connectivity index (χ2n) is 3.99. The Morgan fingerprint density at radius 1 is 1.29 bits per heavy atom. The van der Waals surface area contributed by atoms with Gasteiger partial charge in [-0.25, -0.2) is 0 Å². The van der Waals surface area contributed by atoms with Crippen molar-refractivity contribution in [2.24, 2.45) is 11.5 Å². The van der Waals surface area contributed by atoms with Crippen LogP contribution in [-0.4, -0.2) is 38.0 Å². The molecule has 4 N–H and O–H groups in total. The van der Waals surface area contributed by atoms with Crippen LogP contribution in [0.2, 0.25) is 0 Å². The topological polar surface area (TPSA) is 70.5 Å². The molecule has 2 unspecified atom stereocenters. The number of nitrogens with two attached hydrogens (primary N) is 2. The quantitative estimate of drug-likeness (QED) is 0.670. The van der Waals surface area contributed by atoms with E-state index in [4.69, 9.17) is 20.9 Å². The van der Waals surface area contributed by atoms with Crippen LogP contribution in [0.15, 0.2) is 0 Å². The summed E-state index contributed by atoms with van der Waals surface area (Å²) in [4.78, 5) is 0. The Kier molecular flexibility index (Phi) is 4.81. The van der Waals surface area contributed by atoms with Crippen molar-refractivity contribution in [1.82, 2.24) is 0 Å². The molecule has 4 heteroatoms. The van der Waals surface area contributed by atoms with Gasteiger partial charge in [0.05, 0.1) is 24.9 Å². The van der Waals surface area contributed by atoms with Gasteiger partial charge in [0.1, 0.15) is 0 Å². The monoisotopic (exact) mass is 202 g/mol. The number of hydrogen-bond donors (Lipinski definition) is 2. The van der Waals surface area contributed by atoms with Crippen LogP contribution in [-0.2, 0) is 9.47 Å². The zero-order valence-electron chi connectivity index (χ0n) is 9.00. The number of hydrogen-bond acceptors (Lipinski definition) is 4. The first-order valence-electron chi connectivity index (χ1n) is 5.38. The van der Waals surface area contributed by atoms with Gasteiger partial charge in [-0.2, -0.15) is 0 Å². The van der Waals surface area contributed by atoms with Gasteiger partial charge in [0.25, 0.3) is 0 Å². The van der Waals surface area contributed by atoms with E-state index in [1.807, 2.05) is 0 Å². The van der Waals surface area contributed by atoms with Gasteiger partial charge in [0.15, 0.2) is 0 Å². The van der Waals surface area contributed by atoms with Crippen molar-refractivity contribution >= 4 is 0 Å². The number of rotatable bonds is 5. The van der Waals surface area contributed by atoms with Crippen LogP contribution in [0.5, 0.6) is 0 Å². The molecule has 0 spiro atoms. The van der Waals surface area contributed by atoms with Crippen molar-refractivity contribution in [2.45, 2.75) is 37.9 Å². The van der Waals surface area contributed by atoms with Crippen molar-refractivity contribution in [1.29, 1.82) is 0 Å². The highest BCUT2D eigenvalue weighted by molar-refractivity contribution is 4.87. The molecule has 0 bridgehead atoms. The summed E-state index contributed by atoms with van der Waals surface area (Å²) in [6, 6.07) is 0. The molecule has 1 saturated heterocycles. The maximum atomic E-state index is 5.80. The lowest BCUT2D eigenvalue weighted by atomic mass is 9.90. The van der Waals surface area contributed by atoms with Crippen LogP contribution < -0.4 is 11.5 Å². The van der Waals surface area contributed by atoms with Crippen LogP contribution in [0, 0.1) is 0 Å². The molecule has 14 heavy (non-hydrogen) atoms. The van der Waals surface area contributed by atoms with E-state index in [-0.39, 0.29) is 11.7 Å². The maximum Gasteiger partial charge on any atom is 0.0917 e. The molecule has 1 fully saturated rings. The molecule has 0 radical (unpaired) electrons. The SMILES string of the molecule is CC1(CCCN)OCCOC1CCN. The lowest BCUT2D eigenvalue weighted by Crippen LogP contribution is -2.49. The summed E-state index contributed by atoms with van der Waals surface area (Å²) < 4.78 is 11.5. The molecule has 0 amide bonds. The van der Waals surface area contributed by atoms with E-state index in [1.54, 1.807) is 0 Å². The summed E-state index contributed by atoms with van der Waals surface area (Å²) in [7, 11) is 0.